The van der Waals surface area contributed by atoms with Crippen molar-refractivity contribution >= 4 is 21.6 Å². The average Bonchev–Trinajstić information content (AvgIpc) is 2.45. The minimum absolute atomic E-state index is 0.0823. The molecule has 0 fully saturated rings. The molecule has 1 heterocycles. The highest BCUT2D eigenvalue weighted by molar-refractivity contribution is 7.88. The summed E-state index contributed by atoms with van der Waals surface area (Å²) in [6, 6.07) is 7.82. The number of aryl methyl sites for hydroxylation is 1. The van der Waals surface area contributed by atoms with E-state index in [1.807, 2.05) is 31.2 Å². The van der Waals surface area contributed by atoms with Gasteiger partial charge in [0.15, 0.2) is 0 Å². The Bertz CT molecular complexity index is 613. The van der Waals surface area contributed by atoms with Crippen LogP contribution >= 0.6 is 0 Å². The van der Waals surface area contributed by atoms with E-state index in [9.17, 15) is 13.2 Å². The van der Waals surface area contributed by atoms with Crippen LogP contribution in [0.25, 0.3) is 0 Å². The van der Waals surface area contributed by atoms with Gasteiger partial charge in [-0.15, -0.1) is 0 Å². The highest BCUT2D eigenvalue weighted by atomic mass is 32.2. The number of hydrogen-bond donors (Lipinski definition) is 0. The Balaban J connectivity index is 2.17. The summed E-state index contributed by atoms with van der Waals surface area (Å²) in [6.45, 7) is 2.85. The minimum Gasteiger partial charge on any atom is -0.311 e. The third-order valence-corrected chi connectivity index (χ3v) is 4.91. The van der Waals surface area contributed by atoms with E-state index in [1.165, 1.54) is 4.31 Å². The molecule has 1 aliphatic heterocycles. The summed E-state index contributed by atoms with van der Waals surface area (Å²) in [5, 5.41) is 0. The summed E-state index contributed by atoms with van der Waals surface area (Å²) in [7, 11) is -3.35. The van der Waals surface area contributed by atoms with Crippen LogP contribution in [-0.2, 0) is 21.2 Å². The summed E-state index contributed by atoms with van der Waals surface area (Å²) in [4.78, 5) is 14.2. The molecular formula is C15H22N2O3S. The van der Waals surface area contributed by atoms with Crippen LogP contribution in [0.5, 0.6) is 0 Å². The summed E-state index contributed by atoms with van der Waals surface area (Å²) >= 11 is 0. The number of benzene rings is 1. The van der Waals surface area contributed by atoms with Gasteiger partial charge in [0.05, 0.1) is 12.8 Å². The molecule has 0 unspecified atom stereocenters. The number of carbonyl (C=O) groups excluding carboxylic acids is 1. The minimum atomic E-state index is -3.35. The number of nitrogens with zero attached hydrogens (tertiary/aromatic N) is 2. The van der Waals surface area contributed by atoms with E-state index in [0.717, 1.165) is 30.3 Å². The van der Waals surface area contributed by atoms with Crippen LogP contribution in [0.2, 0.25) is 0 Å². The second-order valence-corrected chi connectivity index (χ2v) is 7.36. The quantitative estimate of drug-likeness (QED) is 0.830. The molecule has 5 nitrogen and oxygen atoms in total. The van der Waals surface area contributed by atoms with Gasteiger partial charge in [0.1, 0.15) is 0 Å². The normalized spacial score (nSPS) is 15.1. The van der Waals surface area contributed by atoms with Gasteiger partial charge in [0, 0.05) is 18.8 Å². The Morgan fingerprint density at radius 2 is 2.05 bits per heavy atom. The molecule has 0 aromatic heterocycles. The molecule has 0 atom stereocenters. The van der Waals surface area contributed by atoms with Crippen molar-refractivity contribution in [3.05, 3.63) is 29.8 Å². The monoisotopic (exact) mass is 310 g/mol. The maximum Gasteiger partial charge on any atom is 0.242 e. The molecule has 6 heteroatoms. The maximum absolute atomic E-state index is 12.5. The molecule has 116 valence electrons. The Morgan fingerprint density at radius 1 is 1.33 bits per heavy atom. The van der Waals surface area contributed by atoms with Crippen molar-refractivity contribution < 1.29 is 13.2 Å². The summed E-state index contributed by atoms with van der Waals surface area (Å²) in [6.07, 6.45) is 3.72. The van der Waals surface area contributed by atoms with E-state index >= 15 is 0 Å². The average molecular weight is 310 g/mol. The lowest BCUT2D eigenvalue weighted by atomic mass is 10.0. The van der Waals surface area contributed by atoms with Crippen LogP contribution < -0.4 is 4.90 Å². The SMILES string of the molecule is CCCN(CC(=O)N1CCCc2ccccc21)S(C)(=O)=O. The molecule has 21 heavy (non-hydrogen) atoms. The molecule has 0 N–H and O–H groups in total. The third-order valence-electron chi connectivity index (χ3n) is 3.66. The Labute approximate surface area is 126 Å². The first kappa shape index (κ1) is 16.0. The van der Waals surface area contributed by atoms with E-state index in [-0.39, 0.29) is 12.5 Å². The number of hydrogen-bond acceptors (Lipinski definition) is 3. The first-order valence-corrected chi connectivity index (χ1v) is 9.11. The van der Waals surface area contributed by atoms with Gasteiger partial charge in [-0.2, -0.15) is 4.31 Å². The van der Waals surface area contributed by atoms with Crippen molar-refractivity contribution in [2.45, 2.75) is 26.2 Å². The van der Waals surface area contributed by atoms with E-state index in [1.54, 1.807) is 4.90 Å². The fourth-order valence-electron chi connectivity index (χ4n) is 2.64. The van der Waals surface area contributed by atoms with Crippen molar-refractivity contribution in [3.8, 4) is 0 Å². The Morgan fingerprint density at radius 3 is 2.71 bits per heavy atom. The van der Waals surface area contributed by atoms with Crippen LogP contribution in [-0.4, -0.2) is 44.5 Å². The highest BCUT2D eigenvalue weighted by Crippen LogP contribution is 2.26. The van der Waals surface area contributed by atoms with Crippen LogP contribution in [0, 0.1) is 0 Å². The lowest BCUT2D eigenvalue weighted by Gasteiger charge is -2.31. The molecule has 1 aromatic carbocycles. The van der Waals surface area contributed by atoms with Gasteiger partial charge in [0.2, 0.25) is 15.9 Å². The van der Waals surface area contributed by atoms with E-state index in [0.29, 0.717) is 19.5 Å². The number of sulfonamides is 1. The predicted molar refractivity (Wildman–Crippen MR) is 83.8 cm³/mol. The van der Waals surface area contributed by atoms with Crippen LogP contribution in [0.15, 0.2) is 24.3 Å². The van der Waals surface area contributed by atoms with Crippen molar-refractivity contribution in [2.24, 2.45) is 0 Å². The summed E-state index contributed by atoms with van der Waals surface area (Å²) in [5.74, 6) is -0.152. The van der Waals surface area contributed by atoms with Crippen molar-refractivity contribution in [1.82, 2.24) is 4.31 Å². The molecular weight excluding hydrogens is 288 g/mol. The topological polar surface area (TPSA) is 57.7 Å². The van der Waals surface area contributed by atoms with E-state index in [2.05, 4.69) is 0 Å². The molecule has 0 radical (unpaired) electrons. The lowest BCUT2D eigenvalue weighted by Crippen LogP contribution is -2.44. The van der Waals surface area contributed by atoms with Crippen molar-refractivity contribution in [1.29, 1.82) is 0 Å². The smallest absolute Gasteiger partial charge is 0.242 e. The van der Waals surface area contributed by atoms with Gasteiger partial charge in [-0.1, -0.05) is 25.1 Å². The lowest BCUT2D eigenvalue weighted by molar-refractivity contribution is -0.118. The second-order valence-electron chi connectivity index (χ2n) is 5.37. The second kappa shape index (κ2) is 6.58. The van der Waals surface area contributed by atoms with Gasteiger partial charge in [-0.3, -0.25) is 4.79 Å². The molecule has 0 spiro atoms. The zero-order chi connectivity index (χ0) is 15.5. The van der Waals surface area contributed by atoms with Crippen molar-refractivity contribution in [2.75, 3.05) is 30.8 Å². The molecule has 1 amide bonds. The molecule has 0 aliphatic carbocycles. The molecule has 1 aromatic rings. The first-order chi connectivity index (χ1) is 9.93. The van der Waals surface area contributed by atoms with Crippen LogP contribution in [0.4, 0.5) is 5.69 Å². The van der Waals surface area contributed by atoms with Crippen LogP contribution in [0.1, 0.15) is 25.3 Å². The van der Waals surface area contributed by atoms with Gasteiger partial charge in [-0.05, 0) is 30.9 Å². The fourth-order valence-corrected chi connectivity index (χ4v) is 3.50. The number of para-hydroxylation sites is 1. The van der Waals surface area contributed by atoms with E-state index < -0.39 is 10.0 Å². The number of fused-ring (bicyclic) bond motifs is 1. The summed E-state index contributed by atoms with van der Waals surface area (Å²) in [5.41, 5.74) is 2.07. The van der Waals surface area contributed by atoms with Crippen molar-refractivity contribution in [3.63, 3.8) is 0 Å². The predicted octanol–water partition coefficient (Wildman–Crippen LogP) is 1.64. The summed E-state index contributed by atoms with van der Waals surface area (Å²) < 4.78 is 24.7. The third kappa shape index (κ3) is 3.83. The molecule has 0 saturated carbocycles. The number of amides is 1. The first-order valence-electron chi connectivity index (χ1n) is 7.27. The van der Waals surface area contributed by atoms with Gasteiger partial charge in [0.25, 0.3) is 0 Å². The molecule has 2 rings (SSSR count). The zero-order valence-electron chi connectivity index (χ0n) is 12.6. The Kier molecular flexibility index (Phi) is 5.00. The highest BCUT2D eigenvalue weighted by Gasteiger charge is 2.26. The number of anilines is 1. The fraction of sp³-hybridized carbons (Fsp3) is 0.533. The standard InChI is InChI=1S/C15H22N2O3S/c1-3-10-16(21(2,19)20)12-15(18)17-11-6-8-13-7-4-5-9-14(13)17/h4-5,7,9H,3,6,8,10-12H2,1-2H3. The number of carbonyl (C=O) groups is 1. The number of rotatable bonds is 5. The zero-order valence-corrected chi connectivity index (χ0v) is 13.4. The maximum atomic E-state index is 12.5. The van der Waals surface area contributed by atoms with Gasteiger partial charge in [-0.25, -0.2) is 8.42 Å². The van der Waals surface area contributed by atoms with Gasteiger partial charge < -0.3 is 4.90 Å². The van der Waals surface area contributed by atoms with E-state index in [4.69, 9.17) is 0 Å². The van der Waals surface area contributed by atoms with Crippen LogP contribution in [0.3, 0.4) is 0 Å². The Hall–Kier alpha value is -1.40. The largest absolute Gasteiger partial charge is 0.311 e. The molecule has 0 bridgehead atoms. The van der Waals surface area contributed by atoms with Gasteiger partial charge >= 0.3 is 0 Å². The molecule has 1 aliphatic rings. The molecule has 0 saturated heterocycles.